The molecule has 0 radical (unpaired) electrons. The fraction of sp³-hybridized carbons (Fsp3) is 0.267. The average Bonchev–Trinajstić information content (AvgIpc) is 3.13. The maximum Gasteiger partial charge on any atom is 0.295 e. The number of aryl methyl sites for hydroxylation is 2. The maximum absolute atomic E-state index is 13.3. The SMILES string of the molecule is Cc1ccc(/C(O)=C2/C(=O)C(=O)N(CCN(C)C)C2c2cccc(OCc3ccccc3)c2)cc1C. The number of ether oxygens (including phenoxy) is 1. The Hall–Kier alpha value is -3.90. The number of rotatable bonds is 8. The van der Waals surface area contributed by atoms with Crippen LogP contribution in [0.5, 0.6) is 5.75 Å². The van der Waals surface area contributed by atoms with Gasteiger partial charge in [-0.05, 0) is 68.4 Å². The van der Waals surface area contributed by atoms with E-state index in [1.54, 1.807) is 11.0 Å². The molecule has 1 amide bonds. The molecule has 0 spiro atoms. The van der Waals surface area contributed by atoms with Crippen LogP contribution in [0, 0.1) is 13.8 Å². The molecule has 1 heterocycles. The highest BCUT2D eigenvalue weighted by Crippen LogP contribution is 2.40. The predicted molar refractivity (Wildman–Crippen MR) is 141 cm³/mol. The molecular weight excluding hydrogens is 452 g/mol. The van der Waals surface area contributed by atoms with Crippen molar-refractivity contribution in [3.63, 3.8) is 0 Å². The van der Waals surface area contributed by atoms with Crippen molar-refractivity contribution < 1.29 is 19.4 Å². The number of benzene rings is 3. The Morgan fingerprint density at radius 3 is 2.39 bits per heavy atom. The summed E-state index contributed by atoms with van der Waals surface area (Å²) in [6.07, 6.45) is 0. The van der Waals surface area contributed by atoms with E-state index in [1.807, 2.05) is 99.6 Å². The van der Waals surface area contributed by atoms with Crippen molar-refractivity contribution in [2.24, 2.45) is 0 Å². The van der Waals surface area contributed by atoms with Crippen molar-refractivity contribution >= 4 is 17.4 Å². The molecule has 186 valence electrons. The fourth-order valence-corrected chi connectivity index (χ4v) is 4.32. The number of carbonyl (C=O) groups excluding carboxylic acids is 2. The Kier molecular flexibility index (Phi) is 7.55. The summed E-state index contributed by atoms with van der Waals surface area (Å²) in [6.45, 7) is 5.26. The summed E-state index contributed by atoms with van der Waals surface area (Å²) in [4.78, 5) is 29.9. The lowest BCUT2D eigenvalue weighted by molar-refractivity contribution is -0.140. The molecule has 1 fully saturated rings. The smallest absolute Gasteiger partial charge is 0.295 e. The number of likely N-dealkylation sites (N-methyl/N-ethyl adjacent to an activating group) is 1. The van der Waals surface area contributed by atoms with Crippen LogP contribution in [-0.2, 0) is 16.2 Å². The topological polar surface area (TPSA) is 70.1 Å². The molecule has 1 saturated heterocycles. The zero-order valence-corrected chi connectivity index (χ0v) is 21.2. The largest absolute Gasteiger partial charge is 0.507 e. The van der Waals surface area contributed by atoms with E-state index < -0.39 is 17.7 Å². The van der Waals surface area contributed by atoms with Gasteiger partial charge in [-0.3, -0.25) is 9.59 Å². The van der Waals surface area contributed by atoms with Gasteiger partial charge in [0.05, 0.1) is 11.6 Å². The normalized spacial score (nSPS) is 17.1. The van der Waals surface area contributed by atoms with Crippen molar-refractivity contribution in [3.05, 3.63) is 106 Å². The van der Waals surface area contributed by atoms with Crippen LogP contribution in [0.4, 0.5) is 0 Å². The van der Waals surface area contributed by atoms with Crippen LogP contribution < -0.4 is 4.74 Å². The summed E-state index contributed by atoms with van der Waals surface area (Å²) in [5.41, 5.74) is 4.44. The molecule has 1 aliphatic heterocycles. The second kappa shape index (κ2) is 10.8. The van der Waals surface area contributed by atoms with Crippen LogP contribution in [0.3, 0.4) is 0 Å². The first-order valence-corrected chi connectivity index (χ1v) is 12.0. The van der Waals surface area contributed by atoms with Crippen LogP contribution in [0.15, 0.2) is 78.4 Å². The highest BCUT2D eigenvalue weighted by atomic mass is 16.5. The highest BCUT2D eigenvalue weighted by Gasteiger charge is 2.46. The Labute approximate surface area is 212 Å². The van der Waals surface area contributed by atoms with E-state index >= 15 is 0 Å². The van der Waals surface area contributed by atoms with Gasteiger partial charge in [-0.2, -0.15) is 0 Å². The van der Waals surface area contributed by atoms with Gasteiger partial charge in [0.2, 0.25) is 0 Å². The van der Waals surface area contributed by atoms with Gasteiger partial charge in [0, 0.05) is 18.7 Å². The Morgan fingerprint density at radius 1 is 0.944 bits per heavy atom. The average molecular weight is 485 g/mol. The highest BCUT2D eigenvalue weighted by molar-refractivity contribution is 6.46. The van der Waals surface area contributed by atoms with Gasteiger partial charge in [-0.15, -0.1) is 0 Å². The second-order valence-corrected chi connectivity index (χ2v) is 9.44. The number of aliphatic hydroxyl groups is 1. The van der Waals surface area contributed by atoms with Gasteiger partial charge in [-0.25, -0.2) is 0 Å². The summed E-state index contributed by atoms with van der Waals surface area (Å²) in [6, 6.07) is 22.1. The van der Waals surface area contributed by atoms with Gasteiger partial charge in [0.25, 0.3) is 11.7 Å². The van der Waals surface area contributed by atoms with Gasteiger partial charge < -0.3 is 19.6 Å². The number of carbonyl (C=O) groups is 2. The number of likely N-dealkylation sites (tertiary alicyclic amines) is 1. The first-order valence-electron chi connectivity index (χ1n) is 12.0. The lowest BCUT2D eigenvalue weighted by atomic mass is 9.94. The van der Waals surface area contributed by atoms with Gasteiger partial charge in [0.15, 0.2) is 0 Å². The predicted octanol–water partition coefficient (Wildman–Crippen LogP) is 4.87. The number of amides is 1. The second-order valence-electron chi connectivity index (χ2n) is 9.44. The van der Waals surface area contributed by atoms with Crippen LogP contribution >= 0.6 is 0 Å². The van der Waals surface area contributed by atoms with Crippen molar-refractivity contribution in [1.29, 1.82) is 0 Å². The monoisotopic (exact) mass is 484 g/mol. The molecule has 36 heavy (non-hydrogen) atoms. The minimum absolute atomic E-state index is 0.0993. The van der Waals surface area contributed by atoms with E-state index in [-0.39, 0.29) is 11.3 Å². The Bertz CT molecular complexity index is 1300. The molecule has 1 aliphatic rings. The van der Waals surface area contributed by atoms with Crippen LogP contribution in [0.25, 0.3) is 5.76 Å². The molecule has 0 aromatic heterocycles. The van der Waals surface area contributed by atoms with Gasteiger partial charge in [-0.1, -0.05) is 54.6 Å². The first kappa shape index (κ1) is 25.2. The number of Topliss-reactive ketones (excluding diaryl/α,β-unsaturated/α-hetero) is 1. The van der Waals surface area contributed by atoms with Gasteiger partial charge >= 0.3 is 0 Å². The van der Waals surface area contributed by atoms with Crippen molar-refractivity contribution in [2.75, 3.05) is 27.2 Å². The number of nitrogens with zero attached hydrogens (tertiary/aromatic N) is 2. The number of ketones is 1. The molecule has 1 unspecified atom stereocenters. The zero-order chi connectivity index (χ0) is 25.8. The standard InChI is InChI=1S/C30H32N2O4/c1-20-13-14-24(17-21(20)2)28(33)26-27(32(16-15-31(3)4)30(35)29(26)34)23-11-8-12-25(18-23)36-19-22-9-6-5-7-10-22/h5-14,17-18,27,33H,15-16,19H2,1-4H3/b28-26-. The lowest BCUT2D eigenvalue weighted by Gasteiger charge is -2.27. The summed E-state index contributed by atoms with van der Waals surface area (Å²) in [5, 5.41) is 11.3. The third kappa shape index (κ3) is 5.34. The van der Waals surface area contributed by atoms with Crippen molar-refractivity contribution in [2.45, 2.75) is 26.5 Å². The van der Waals surface area contributed by atoms with Crippen molar-refractivity contribution in [1.82, 2.24) is 9.80 Å². The lowest BCUT2D eigenvalue weighted by Crippen LogP contribution is -2.35. The van der Waals surface area contributed by atoms with E-state index in [4.69, 9.17) is 4.74 Å². The maximum atomic E-state index is 13.3. The fourth-order valence-electron chi connectivity index (χ4n) is 4.32. The van der Waals surface area contributed by atoms with Crippen LogP contribution in [-0.4, -0.2) is 53.8 Å². The van der Waals surface area contributed by atoms with E-state index in [0.717, 1.165) is 16.7 Å². The molecule has 6 heteroatoms. The molecule has 4 rings (SSSR count). The zero-order valence-electron chi connectivity index (χ0n) is 21.2. The molecule has 0 aliphatic carbocycles. The number of hydrogen-bond donors (Lipinski definition) is 1. The van der Waals surface area contributed by atoms with E-state index in [2.05, 4.69) is 0 Å². The molecule has 0 bridgehead atoms. The van der Waals surface area contributed by atoms with E-state index in [9.17, 15) is 14.7 Å². The quantitative estimate of drug-likeness (QED) is 0.281. The molecule has 3 aromatic carbocycles. The third-order valence-corrected chi connectivity index (χ3v) is 6.53. The first-order chi connectivity index (χ1) is 17.3. The third-order valence-electron chi connectivity index (χ3n) is 6.53. The minimum Gasteiger partial charge on any atom is -0.507 e. The molecule has 1 N–H and O–H groups in total. The molecule has 6 nitrogen and oxygen atoms in total. The van der Waals surface area contributed by atoms with E-state index in [1.165, 1.54) is 0 Å². The van der Waals surface area contributed by atoms with Crippen LogP contribution in [0.1, 0.15) is 33.9 Å². The van der Waals surface area contributed by atoms with Crippen molar-refractivity contribution in [3.8, 4) is 5.75 Å². The Morgan fingerprint density at radius 2 is 1.69 bits per heavy atom. The Balaban J connectivity index is 1.75. The molecular formula is C30H32N2O4. The molecule has 0 saturated carbocycles. The molecule has 3 aromatic rings. The van der Waals surface area contributed by atoms with E-state index in [0.29, 0.717) is 36.6 Å². The summed E-state index contributed by atoms with van der Waals surface area (Å²) in [5.74, 6) is -0.821. The molecule has 1 atom stereocenters. The number of aliphatic hydroxyl groups excluding tert-OH is 1. The van der Waals surface area contributed by atoms with Gasteiger partial charge in [0.1, 0.15) is 18.1 Å². The summed E-state index contributed by atoms with van der Waals surface area (Å²) >= 11 is 0. The summed E-state index contributed by atoms with van der Waals surface area (Å²) in [7, 11) is 3.83. The number of hydrogen-bond acceptors (Lipinski definition) is 5. The van der Waals surface area contributed by atoms with Crippen LogP contribution in [0.2, 0.25) is 0 Å². The summed E-state index contributed by atoms with van der Waals surface area (Å²) < 4.78 is 6.01. The minimum atomic E-state index is -0.716.